The van der Waals surface area contributed by atoms with E-state index in [1.807, 2.05) is 29.2 Å². The Labute approximate surface area is 153 Å². The lowest BCUT2D eigenvalue weighted by molar-refractivity contribution is 0.208. The topological polar surface area (TPSA) is 48.5 Å². The fourth-order valence-corrected chi connectivity index (χ4v) is 3.13. The number of hydrogen-bond donors (Lipinski definition) is 1. The van der Waals surface area contributed by atoms with Gasteiger partial charge in [0.2, 0.25) is 0 Å². The molecule has 0 radical (unpaired) electrons. The molecule has 1 saturated heterocycles. The van der Waals surface area contributed by atoms with E-state index in [2.05, 4.69) is 41.2 Å². The molecule has 2 amide bonds. The van der Waals surface area contributed by atoms with Crippen LogP contribution in [0.3, 0.4) is 0 Å². The van der Waals surface area contributed by atoms with E-state index in [1.54, 1.807) is 6.20 Å². The lowest BCUT2D eigenvalue weighted by Gasteiger charge is -2.35. The molecule has 132 valence electrons. The van der Waals surface area contributed by atoms with E-state index in [-0.39, 0.29) is 6.03 Å². The van der Waals surface area contributed by atoms with Gasteiger partial charge >= 0.3 is 6.03 Å². The number of urea groups is 1. The summed E-state index contributed by atoms with van der Waals surface area (Å²) in [5, 5.41) is 3.61. The Kier molecular flexibility index (Phi) is 5.43. The Balaban J connectivity index is 1.55. The van der Waals surface area contributed by atoms with Crippen molar-refractivity contribution < 1.29 is 4.79 Å². The molecule has 1 aliphatic heterocycles. The first-order valence-electron chi connectivity index (χ1n) is 8.56. The van der Waals surface area contributed by atoms with Gasteiger partial charge in [-0.1, -0.05) is 37.6 Å². The summed E-state index contributed by atoms with van der Waals surface area (Å²) in [6.45, 7) is 7.03. The fraction of sp³-hybridized carbons (Fsp3) is 0.368. The number of carbonyl (C=O) groups excluding carboxylic acids is 1. The highest BCUT2D eigenvalue weighted by Gasteiger charge is 2.23. The molecule has 0 unspecified atom stereocenters. The van der Waals surface area contributed by atoms with Crippen molar-refractivity contribution in [3.05, 3.63) is 53.2 Å². The van der Waals surface area contributed by atoms with Crippen LogP contribution in [0.1, 0.15) is 25.3 Å². The number of nitrogens with one attached hydrogen (secondary N) is 1. The average molecular weight is 359 g/mol. The van der Waals surface area contributed by atoms with Crippen molar-refractivity contribution in [1.82, 2.24) is 9.88 Å². The van der Waals surface area contributed by atoms with Crippen molar-refractivity contribution in [2.75, 3.05) is 36.4 Å². The van der Waals surface area contributed by atoms with Gasteiger partial charge in [-0.25, -0.2) is 9.78 Å². The smallest absolute Gasteiger partial charge is 0.321 e. The number of rotatable bonds is 3. The van der Waals surface area contributed by atoms with Crippen LogP contribution in [-0.2, 0) is 0 Å². The van der Waals surface area contributed by atoms with Gasteiger partial charge in [-0.3, -0.25) is 0 Å². The number of piperazine rings is 1. The summed E-state index contributed by atoms with van der Waals surface area (Å²) < 4.78 is 0. The van der Waals surface area contributed by atoms with Crippen LogP contribution in [-0.4, -0.2) is 42.1 Å². The van der Waals surface area contributed by atoms with Crippen LogP contribution in [0, 0.1) is 0 Å². The van der Waals surface area contributed by atoms with E-state index in [0.29, 0.717) is 24.0 Å². The van der Waals surface area contributed by atoms with E-state index < -0.39 is 0 Å². The molecule has 1 aromatic carbocycles. The summed E-state index contributed by atoms with van der Waals surface area (Å²) in [6.07, 6.45) is 1.74. The second-order valence-corrected chi connectivity index (χ2v) is 6.90. The minimum atomic E-state index is -0.0657. The highest BCUT2D eigenvalue weighted by Crippen LogP contribution is 2.23. The third kappa shape index (κ3) is 4.23. The molecule has 2 aromatic rings. The minimum absolute atomic E-state index is 0.0657. The van der Waals surface area contributed by atoms with Crippen molar-refractivity contribution in [3.63, 3.8) is 0 Å². The normalized spacial score (nSPS) is 14.7. The van der Waals surface area contributed by atoms with Gasteiger partial charge in [0.15, 0.2) is 0 Å². The fourth-order valence-electron chi connectivity index (χ4n) is 2.89. The quantitative estimate of drug-likeness (QED) is 0.893. The maximum atomic E-state index is 12.5. The number of carbonyl (C=O) groups is 1. The van der Waals surface area contributed by atoms with Crippen LogP contribution in [0.25, 0.3) is 0 Å². The molecule has 1 aliphatic rings. The number of anilines is 2. The predicted molar refractivity (Wildman–Crippen MR) is 103 cm³/mol. The van der Waals surface area contributed by atoms with Crippen molar-refractivity contribution in [1.29, 1.82) is 0 Å². The monoisotopic (exact) mass is 358 g/mol. The first-order chi connectivity index (χ1) is 12.0. The molecule has 1 aromatic heterocycles. The highest BCUT2D eigenvalue weighted by atomic mass is 35.5. The van der Waals surface area contributed by atoms with Crippen LogP contribution in [0.15, 0.2) is 42.6 Å². The zero-order chi connectivity index (χ0) is 17.8. The van der Waals surface area contributed by atoms with Gasteiger partial charge in [-0.05, 0) is 35.7 Å². The molecule has 2 heterocycles. The van der Waals surface area contributed by atoms with E-state index in [4.69, 9.17) is 11.6 Å². The number of nitrogens with zero attached hydrogens (tertiary/aromatic N) is 3. The third-order valence-electron chi connectivity index (χ3n) is 4.43. The number of hydrogen-bond acceptors (Lipinski definition) is 3. The molecule has 0 atom stereocenters. The minimum Gasteiger partial charge on any atom is -0.352 e. The maximum absolute atomic E-state index is 12.5. The maximum Gasteiger partial charge on any atom is 0.321 e. The zero-order valence-corrected chi connectivity index (χ0v) is 15.3. The van der Waals surface area contributed by atoms with Gasteiger partial charge in [0, 0.05) is 38.1 Å². The van der Waals surface area contributed by atoms with Crippen LogP contribution in [0.2, 0.25) is 5.02 Å². The summed E-state index contributed by atoms with van der Waals surface area (Å²) in [5.74, 6) is 1.27. The SMILES string of the molecule is CC(C)c1ccc(NC(=O)N2CCN(c3ncccc3Cl)CC2)cc1. The molecule has 0 saturated carbocycles. The summed E-state index contributed by atoms with van der Waals surface area (Å²) >= 11 is 6.20. The molecule has 0 bridgehead atoms. The number of aromatic nitrogens is 1. The molecule has 3 rings (SSSR count). The zero-order valence-electron chi connectivity index (χ0n) is 14.6. The lowest BCUT2D eigenvalue weighted by Crippen LogP contribution is -2.50. The summed E-state index contributed by atoms with van der Waals surface area (Å²) in [5.41, 5.74) is 2.09. The molecule has 5 nitrogen and oxygen atoms in total. The van der Waals surface area contributed by atoms with Gasteiger partial charge in [0.05, 0.1) is 5.02 Å². The lowest BCUT2D eigenvalue weighted by atomic mass is 10.0. The number of halogens is 1. The molecule has 1 N–H and O–H groups in total. The number of amides is 2. The molecule has 25 heavy (non-hydrogen) atoms. The standard InChI is InChI=1S/C19H23ClN4O/c1-14(2)15-5-7-16(8-6-15)22-19(25)24-12-10-23(11-13-24)18-17(20)4-3-9-21-18/h3-9,14H,10-13H2,1-2H3,(H,22,25). The third-order valence-corrected chi connectivity index (χ3v) is 4.73. The molecule has 1 fully saturated rings. The van der Waals surface area contributed by atoms with Crippen LogP contribution in [0.5, 0.6) is 0 Å². The van der Waals surface area contributed by atoms with Crippen molar-refractivity contribution in [2.24, 2.45) is 0 Å². The number of pyridine rings is 1. The predicted octanol–water partition coefficient (Wildman–Crippen LogP) is 4.21. The second kappa shape index (κ2) is 7.74. The van der Waals surface area contributed by atoms with Gasteiger partial charge in [0.25, 0.3) is 0 Å². The van der Waals surface area contributed by atoms with Crippen molar-refractivity contribution >= 4 is 29.1 Å². The van der Waals surface area contributed by atoms with Crippen molar-refractivity contribution in [3.8, 4) is 0 Å². The first kappa shape index (κ1) is 17.5. The summed E-state index contributed by atoms with van der Waals surface area (Å²) in [4.78, 5) is 20.7. The van der Waals surface area contributed by atoms with Crippen LogP contribution < -0.4 is 10.2 Å². The highest BCUT2D eigenvalue weighted by molar-refractivity contribution is 6.32. The van der Waals surface area contributed by atoms with Gasteiger partial charge in [-0.2, -0.15) is 0 Å². The van der Waals surface area contributed by atoms with Gasteiger partial charge in [-0.15, -0.1) is 0 Å². The Bertz CT molecular complexity index is 724. The van der Waals surface area contributed by atoms with Gasteiger partial charge in [0.1, 0.15) is 5.82 Å². The van der Waals surface area contributed by atoms with Crippen molar-refractivity contribution in [2.45, 2.75) is 19.8 Å². The average Bonchev–Trinajstić information content (AvgIpc) is 2.63. The van der Waals surface area contributed by atoms with Crippen LogP contribution >= 0.6 is 11.6 Å². The molecular formula is C19H23ClN4O. The Morgan fingerprint density at radius 2 is 1.80 bits per heavy atom. The largest absolute Gasteiger partial charge is 0.352 e. The van der Waals surface area contributed by atoms with Gasteiger partial charge < -0.3 is 15.1 Å². The summed E-state index contributed by atoms with van der Waals surface area (Å²) in [6, 6.07) is 11.6. The van der Waals surface area contributed by atoms with E-state index in [0.717, 1.165) is 24.6 Å². The molecular weight excluding hydrogens is 336 g/mol. The molecule has 0 aliphatic carbocycles. The summed E-state index contributed by atoms with van der Waals surface area (Å²) in [7, 11) is 0. The van der Waals surface area contributed by atoms with Crippen LogP contribution in [0.4, 0.5) is 16.3 Å². The number of benzene rings is 1. The molecule has 0 spiro atoms. The van der Waals surface area contributed by atoms with E-state index >= 15 is 0 Å². The van der Waals surface area contributed by atoms with E-state index in [1.165, 1.54) is 5.56 Å². The first-order valence-corrected chi connectivity index (χ1v) is 8.94. The Hall–Kier alpha value is -2.27. The second-order valence-electron chi connectivity index (χ2n) is 6.49. The Morgan fingerprint density at radius 1 is 1.12 bits per heavy atom. The molecule has 6 heteroatoms. The van der Waals surface area contributed by atoms with E-state index in [9.17, 15) is 4.79 Å². The Morgan fingerprint density at radius 3 is 2.40 bits per heavy atom.